The Morgan fingerprint density at radius 3 is 2.70 bits per heavy atom. The third kappa shape index (κ3) is 5.00. The molecule has 0 unspecified atom stereocenters. The van der Waals surface area contributed by atoms with E-state index in [-0.39, 0.29) is 23.8 Å². The number of benzene rings is 2. The van der Waals surface area contributed by atoms with Crippen molar-refractivity contribution in [2.24, 2.45) is 0 Å². The smallest absolute Gasteiger partial charge is 0.240 e. The number of thiazole rings is 1. The van der Waals surface area contributed by atoms with E-state index in [2.05, 4.69) is 20.0 Å². The van der Waals surface area contributed by atoms with E-state index in [1.54, 1.807) is 0 Å². The van der Waals surface area contributed by atoms with Gasteiger partial charge in [-0.2, -0.15) is 0 Å². The van der Waals surface area contributed by atoms with Crippen LogP contribution in [0, 0.1) is 0 Å². The maximum Gasteiger partial charge on any atom is 0.240 e. The van der Waals surface area contributed by atoms with Crippen LogP contribution in [0.4, 0.5) is 5.13 Å². The number of carbonyl (C=O) groups excluding carboxylic acids is 1. The second-order valence-electron chi connectivity index (χ2n) is 7.00. The van der Waals surface area contributed by atoms with Crippen LogP contribution in [0.2, 0.25) is 0 Å². The molecule has 0 bridgehead atoms. The highest BCUT2D eigenvalue weighted by atomic mass is 32.2. The van der Waals surface area contributed by atoms with Gasteiger partial charge in [0.15, 0.2) is 16.6 Å². The molecular formula is C22H22N4O5S2. The SMILES string of the molecule is COc1ccc(S(=O)(=O)NCCC(=O)Nc2nc(-c3c[nH]c4ccccc34)cs2)cc1OC. The Morgan fingerprint density at radius 2 is 1.91 bits per heavy atom. The summed E-state index contributed by atoms with van der Waals surface area (Å²) in [5, 5.41) is 6.08. The predicted octanol–water partition coefficient (Wildman–Crippen LogP) is 3.62. The van der Waals surface area contributed by atoms with Crippen molar-refractivity contribution in [2.45, 2.75) is 11.3 Å². The summed E-state index contributed by atoms with van der Waals surface area (Å²) in [5.74, 6) is 0.379. The Bertz CT molecular complexity index is 1390. The van der Waals surface area contributed by atoms with Gasteiger partial charge < -0.3 is 19.8 Å². The first-order valence-corrected chi connectivity index (χ1v) is 12.3. The van der Waals surface area contributed by atoms with Gasteiger partial charge in [-0.05, 0) is 18.2 Å². The van der Waals surface area contributed by atoms with Crippen LogP contribution in [0.3, 0.4) is 0 Å². The predicted molar refractivity (Wildman–Crippen MR) is 127 cm³/mol. The van der Waals surface area contributed by atoms with Crippen LogP contribution in [0.5, 0.6) is 11.5 Å². The van der Waals surface area contributed by atoms with Gasteiger partial charge in [-0.15, -0.1) is 11.3 Å². The highest BCUT2D eigenvalue weighted by Gasteiger charge is 2.18. The lowest BCUT2D eigenvalue weighted by Crippen LogP contribution is -2.27. The third-order valence-corrected chi connectivity index (χ3v) is 7.14. The van der Waals surface area contributed by atoms with Gasteiger partial charge in [-0.25, -0.2) is 18.1 Å². The second kappa shape index (κ2) is 9.61. The maximum atomic E-state index is 12.5. The Balaban J connectivity index is 1.35. The number of nitrogens with one attached hydrogen (secondary N) is 3. The van der Waals surface area contributed by atoms with Gasteiger partial charge in [0.05, 0.1) is 24.8 Å². The number of aromatic amines is 1. The molecule has 2 aromatic heterocycles. The van der Waals surface area contributed by atoms with E-state index >= 15 is 0 Å². The molecule has 0 aliphatic heterocycles. The summed E-state index contributed by atoms with van der Waals surface area (Å²) in [6.07, 6.45) is 1.84. The molecule has 33 heavy (non-hydrogen) atoms. The van der Waals surface area contributed by atoms with E-state index in [0.717, 1.165) is 22.2 Å². The summed E-state index contributed by atoms with van der Waals surface area (Å²) in [6, 6.07) is 12.2. The van der Waals surface area contributed by atoms with E-state index in [9.17, 15) is 13.2 Å². The highest BCUT2D eigenvalue weighted by Crippen LogP contribution is 2.31. The summed E-state index contributed by atoms with van der Waals surface area (Å²) in [6.45, 7) is -0.0663. The minimum atomic E-state index is -3.81. The molecule has 0 fully saturated rings. The maximum absolute atomic E-state index is 12.5. The molecule has 9 nitrogen and oxygen atoms in total. The number of fused-ring (bicyclic) bond motifs is 1. The van der Waals surface area contributed by atoms with E-state index in [1.807, 2.05) is 35.8 Å². The lowest BCUT2D eigenvalue weighted by atomic mass is 10.1. The van der Waals surface area contributed by atoms with E-state index in [4.69, 9.17) is 9.47 Å². The van der Waals surface area contributed by atoms with Gasteiger partial charge in [0, 0.05) is 47.1 Å². The molecule has 11 heteroatoms. The fourth-order valence-electron chi connectivity index (χ4n) is 3.29. The van der Waals surface area contributed by atoms with Gasteiger partial charge in [0.25, 0.3) is 0 Å². The van der Waals surface area contributed by atoms with Crippen LogP contribution in [0.1, 0.15) is 6.42 Å². The molecule has 0 saturated carbocycles. The number of sulfonamides is 1. The Morgan fingerprint density at radius 1 is 1.12 bits per heavy atom. The molecular weight excluding hydrogens is 464 g/mol. The number of aromatic nitrogens is 2. The number of amides is 1. The van der Waals surface area contributed by atoms with Crippen LogP contribution in [-0.2, 0) is 14.8 Å². The summed E-state index contributed by atoms with van der Waals surface area (Å²) in [7, 11) is -0.923. The number of hydrogen-bond acceptors (Lipinski definition) is 7. The molecule has 4 aromatic rings. The van der Waals surface area contributed by atoms with Crippen LogP contribution < -0.4 is 19.5 Å². The number of nitrogens with zero attached hydrogens (tertiary/aromatic N) is 1. The number of para-hydroxylation sites is 1. The normalized spacial score (nSPS) is 11.5. The first-order chi connectivity index (χ1) is 15.9. The van der Waals surface area contributed by atoms with Gasteiger partial charge in [-0.3, -0.25) is 4.79 Å². The molecule has 2 aromatic carbocycles. The average Bonchev–Trinajstić information content (AvgIpc) is 3.45. The summed E-state index contributed by atoms with van der Waals surface area (Å²) >= 11 is 1.31. The summed E-state index contributed by atoms with van der Waals surface area (Å²) in [4.78, 5) is 20.0. The van der Waals surface area contributed by atoms with Crippen LogP contribution in [0.25, 0.3) is 22.2 Å². The lowest BCUT2D eigenvalue weighted by Gasteiger charge is -2.11. The number of ether oxygens (including phenoxy) is 2. The Kier molecular flexibility index (Phi) is 6.63. The molecule has 3 N–H and O–H groups in total. The van der Waals surface area contributed by atoms with Crippen molar-refractivity contribution < 1.29 is 22.7 Å². The van der Waals surface area contributed by atoms with E-state index in [0.29, 0.717) is 16.6 Å². The number of rotatable bonds is 9. The molecule has 2 heterocycles. The molecule has 0 aliphatic carbocycles. The van der Waals surface area contributed by atoms with Crippen molar-refractivity contribution in [1.82, 2.24) is 14.7 Å². The number of hydrogen-bond donors (Lipinski definition) is 3. The number of carbonyl (C=O) groups is 1. The summed E-state index contributed by atoms with van der Waals surface area (Å²) < 4.78 is 37.7. The Hall–Kier alpha value is -3.41. The molecule has 172 valence electrons. The first-order valence-electron chi connectivity index (χ1n) is 9.95. The average molecular weight is 487 g/mol. The minimum absolute atomic E-state index is 0.0175. The quantitative estimate of drug-likeness (QED) is 0.332. The monoisotopic (exact) mass is 486 g/mol. The summed E-state index contributed by atoms with van der Waals surface area (Å²) in [5.41, 5.74) is 2.71. The molecule has 0 aliphatic rings. The van der Waals surface area contributed by atoms with E-state index < -0.39 is 10.0 Å². The highest BCUT2D eigenvalue weighted by molar-refractivity contribution is 7.89. The number of anilines is 1. The molecule has 0 saturated heterocycles. The molecule has 0 radical (unpaired) electrons. The van der Waals surface area contributed by atoms with Crippen molar-refractivity contribution >= 4 is 43.3 Å². The Labute approximate surface area is 194 Å². The van der Waals surface area contributed by atoms with Gasteiger partial charge in [0.2, 0.25) is 15.9 Å². The number of H-pyrrole nitrogens is 1. The zero-order chi connectivity index (χ0) is 23.4. The van der Waals surface area contributed by atoms with Gasteiger partial charge >= 0.3 is 0 Å². The van der Waals surface area contributed by atoms with Crippen molar-refractivity contribution in [1.29, 1.82) is 0 Å². The molecule has 4 rings (SSSR count). The first kappa shape index (κ1) is 22.8. The van der Waals surface area contributed by atoms with Crippen molar-refractivity contribution in [3.05, 3.63) is 54.0 Å². The second-order valence-corrected chi connectivity index (χ2v) is 9.62. The van der Waals surface area contributed by atoms with E-state index in [1.165, 1.54) is 43.8 Å². The standard InChI is InChI=1S/C22H22N4O5S2/c1-30-19-8-7-14(11-20(19)31-2)33(28,29)24-10-9-21(27)26-22-25-18(13-32-22)16-12-23-17-6-4-3-5-15(16)17/h3-8,11-13,23-24H,9-10H2,1-2H3,(H,25,26,27). The van der Waals surface area contributed by atoms with Crippen LogP contribution in [-0.4, -0.2) is 45.1 Å². The number of methoxy groups -OCH3 is 2. The lowest BCUT2D eigenvalue weighted by molar-refractivity contribution is -0.116. The topological polar surface area (TPSA) is 122 Å². The third-order valence-electron chi connectivity index (χ3n) is 4.93. The van der Waals surface area contributed by atoms with Crippen LogP contribution in [0.15, 0.2) is 58.9 Å². The van der Waals surface area contributed by atoms with Crippen molar-refractivity contribution in [2.75, 3.05) is 26.1 Å². The largest absolute Gasteiger partial charge is 0.493 e. The van der Waals surface area contributed by atoms with Crippen LogP contribution >= 0.6 is 11.3 Å². The van der Waals surface area contributed by atoms with Gasteiger partial charge in [0.1, 0.15) is 0 Å². The van der Waals surface area contributed by atoms with Gasteiger partial charge in [-0.1, -0.05) is 18.2 Å². The zero-order valence-corrected chi connectivity index (χ0v) is 19.5. The minimum Gasteiger partial charge on any atom is -0.493 e. The fourth-order valence-corrected chi connectivity index (χ4v) is 5.06. The fraction of sp³-hybridized carbons (Fsp3) is 0.182. The molecule has 0 spiro atoms. The zero-order valence-electron chi connectivity index (χ0n) is 17.9. The van der Waals surface area contributed by atoms with Crippen molar-refractivity contribution in [3.8, 4) is 22.8 Å². The molecule has 0 atom stereocenters. The molecule has 1 amide bonds. The van der Waals surface area contributed by atoms with Crippen molar-refractivity contribution in [3.63, 3.8) is 0 Å².